The van der Waals surface area contributed by atoms with Crippen LogP contribution >= 0.6 is 0 Å². The summed E-state index contributed by atoms with van der Waals surface area (Å²) in [6, 6.07) is 13.6. The van der Waals surface area contributed by atoms with Crippen LogP contribution in [0.3, 0.4) is 0 Å². The van der Waals surface area contributed by atoms with Gasteiger partial charge in [0.25, 0.3) is 5.91 Å². The Hall–Kier alpha value is -4.70. The molecule has 1 saturated carbocycles. The normalized spacial score (nSPS) is 22.6. The fourth-order valence-electron chi connectivity index (χ4n) is 10.3. The molecule has 1 aliphatic heterocycles. The van der Waals surface area contributed by atoms with E-state index < -0.39 is 23.8 Å². The van der Waals surface area contributed by atoms with Crippen molar-refractivity contribution in [2.45, 2.75) is 147 Å². The van der Waals surface area contributed by atoms with Crippen LogP contribution in [-0.4, -0.2) is 84.7 Å². The Bertz CT molecular complexity index is 1890. The molecule has 2 aromatic carbocycles. The number of carbonyl (C=O) groups excluding carboxylic acids is 2. The Morgan fingerprint density at radius 1 is 0.938 bits per heavy atom. The van der Waals surface area contributed by atoms with Crippen molar-refractivity contribution >= 4 is 17.7 Å². The molecule has 2 aliphatic carbocycles. The highest BCUT2D eigenvalue weighted by molar-refractivity contribution is 6.03. The van der Waals surface area contributed by atoms with E-state index in [0.29, 0.717) is 60.7 Å². The first-order valence-electron chi connectivity index (χ1n) is 24.2. The number of nitriles is 1. The summed E-state index contributed by atoms with van der Waals surface area (Å²) in [5.74, 6) is -1.34. The summed E-state index contributed by atoms with van der Waals surface area (Å²) in [4.78, 5) is 35.5. The fraction of sp³-hybridized carbons (Fsp3) is 0.615. The Kier molecular flexibility index (Phi) is 20.7. The number of unbranched alkanes of at least 4 members (excludes halogenated alkanes) is 11. The van der Waals surface area contributed by atoms with E-state index in [-0.39, 0.29) is 49.9 Å². The lowest BCUT2D eigenvalue weighted by Crippen LogP contribution is -2.70. The van der Waals surface area contributed by atoms with Gasteiger partial charge in [0.05, 0.1) is 29.9 Å². The predicted octanol–water partition coefficient (Wildman–Crippen LogP) is 10.4. The third-order valence-corrected chi connectivity index (χ3v) is 13.2. The number of hydrogen-bond donors (Lipinski definition) is 3. The highest BCUT2D eigenvalue weighted by Crippen LogP contribution is 2.62. The molecule has 12 heteroatoms. The first-order valence-corrected chi connectivity index (χ1v) is 24.2. The van der Waals surface area contributed by atoms with Gasteiger partial charge >= 0.3 is 6.09 Å². The third kappa shape index (κ3) is 12.8. The molecule has 6 atom stereocenters. The molecule has 1 fully saturated rings. The number of nitrogens with zero attached hydrogens (tertiary/aromatic N) is 3. The van der Waals surface area contributed by atoms with E-state index in [1.807, 2.05) is 24.0 Å². The van der Waals surface area contributed by atoms with E-state index in [1.165, 1.54) is 52.1 Å². The van der Waals surface area contributed by atoms with Gasteiger partial charge in [0.2, 0.25) is 5.79 Å². The summed E-state index contributed by atoms with van der Waals surface area (Å²) in [6.07, 6.45) is 21.0. The van der Waals surface area contributed by atoms with Crippen LogP contribution in [0.25, 0.3) is 0 Å². The predicted molar refractivity (Wildman–Crippen MR) is 250 cm³/mol. The van der Waals surface area contributed by atoms with Gasteiger partial charge < -0.3 is 39.5 Å². The maximum atomic E-state index is 14.8. The lowest BCUT2D eigenvalue weighted by atomic mass is 9.55. The van der Waals surface area contributed by atoms with Gasteiger partial charge in [-0.15, -0.1) is 6.58 Å². The number of amides is 2. The number of carbonyl (C=O) groups is 2. The van der Waals surface area contributed by atoms with Gasteiger partial charge in [0.15, 0.2) is 0 Å². The van der Waals surface area contributed by atoms with Crippen LogP contribution in [0, 0.1) is 29.1 Å². The van der Waals surface area contributed by atoms with Gasteiger partial charge in [-0.25, -0.2) is 4.79 Å². The van der Waals surface area contributed by atoms with E-state index in [4.69, 9.17) is 19.0 Å². The molecule has 0 spiro atoms. The number of aliphatic hydroxyl groups excluding tert-OH is 2. The molecule has 0 aromatic heterocycles. The Morgan fingerprint density at radius 3 is 2.27 bits per heavy atom. The maximum Gasteiger partial charge on any atom is 0.412 e. The highest BCUT2D eigenvalue weighted by atomic mass is 16.7. The second kappa shape index (κ2) is 26.3. The molecule has 1 heterocycles. The molecule has 0 bridgehead atoms. The van der Waals surface area contributed by atoms with Crippen molar-refractivity contribution in [2.24, 2.45) is 22.9 Å². The molecule has 0 radical (unpaired) electrons. The quantitative estimate of drug-likeness (QED) is 0.0429. The number of ether oxygens (including phenoxy) is 3. The fourth-order valence-corrected chi connectivity index (χ4v) is 10.3. The van der Waals surface area contributed by atoms with Crippen molar-refractivity contribution in [1.29, 1.82) is 5.26 Å². The Morgan fingerprint density at radius 2 is 1.62 bits per heavy atom. The average Bonchev–Trinajstić information content (AvgIpc) is 3.30. The lowest BCUT2D eigenvalue weighted by Gasteiger charge is -2.60. The number of allylic oxidation sites excluding steroid dienone is 1. The number of aliphatic hydroxyl groups is 2. The minimum absolute atomic E-state index is 0.0187. The van der Waals surface area contributed by atoms with Crippen LogP contribution in [0.1, 0.15) is 157 Å². The largest absolute Gasteiger partial charge is 0.459 e. The van der Waals surface area contributed by atoms with Crippen molar-refractivity contribution in [3.05, 3.63) is 83.5 Å². The second-order valence-electron chi connectivity index (χ2n) is 17.6. The van der Waals surface area contributed by atoms with Gasteiger partial charge in [0, 0.05) is 49.8 Å². The monoisotopic (exact) mass is 883 g/mol. The van der Waals surface area contributed by atoms with E-state index in [9.17, 15) is 25.1 Å². The van der Waals surface area contributed by atoms with Gasteiger partial charge in [-0.05, 0) is 98.4 Å². The van der Waals surface area contributed by atoms with E-state index >= 15 is 0 Å². The second-order valence-corrected chi connectivity index (χ2v) is 17.6. The maximum absolute atomic E-state index is 14.8. The van der Waals surface area contributed by atoms with Crippen molar-refractivity contribution in [3.8, 4) is 17.6 Å². The third-order valence-electron chi connectivity index (χ3n) is 13.2. The van der Waals surface area contributed by atoms with Crippen LogP contribution in [0.4, 0.5) is 4.79 Å². The molecule has 5 rings (SSSR count). The summed E-state index contributed by atoms with van der Waals surface area (Å²) in [7, 11) is 1.53. The van der Waals surface area contributed by atoms with Crippen LogP contribution < -0.4 is 14.8 Å². The van der Waals surface area contributed by atoms with Crippen molar-refractivity contribution in [2.75, 3.05) is 40.0 Å². The summed E-state index contributed by atoms with van der Waals surface area (Å²) in [5, 5.41) is 36.9. The molecule has 350 valence electrons. The number of rotatable bonds is 28. The summed E-state index contributed by atoms with van der Waals surface area (Å²) in [6.45, 7) is 9.51. The first kappa shape index (κ1) is 50.3. The van der Waals surface area contributed by atoms with Gasteiger partial charge in [0.1, 0.15) is 24.7 Å². The molecule has 64 heavy (non-hydrogen) atoms. The minimum atomic E-state index is -1.41. The number of hydrogen-bond acceptors (Lipinski definition) is 10. The van der Waals surface area contributed by atoms with Gasteiger partial charge in [-0.1, -0.05) is 102 Å². The molecular weight excluding hydrogens is 809 g/mol. The topological polar surface area (TPSA) is 163 Å². The molecule has 0 saturated heterocycles. The molecule has 6 unspecified atom stereocenters. The summed E-state index contributed by atoms with van der Waals surface area (Å²) >= 11 is 0. The molecule has 3 aliphatic rings. The van der Waals surface area contributed by atoms with Crippen molar-refractivity contribution in [3.63, 3.8) is 0 Å². The van der Waals surface area contributed by atoms with E-state index in [2.05, 4.69) is 36.1 Å². The lowest BCUT2D eigenvalue weighted by molar-refractivity contribution is -0.254. The molecule has 3 N–H and O–H groups in total. The molecule has 2 amide bonds. The number of fused-ring (bicyclic) bond motifs is 2. The molecule has 2 aromatic rings. The van der Waals surface area contributed by atoms with Crippen LogP contribution in [0.2, 0.25) is 0 Å². The van der Waals surface area contributed by atoms with Gasteiger partial charge in [-0.2, -0.15) is 5.26 Å². The number of oxime groups is 1. The zero-order valence-electron chi connectivity index (χ0n) is 38.7. The Labute approximate surface area is 382 Å². The SMILES string of the molecule is C=CCOC12Oc3ccc(OC(=O)NCCCCCCCCCCCC)cc3C3C(CCCCO)C(CCCCO)C=C(C(=NOC)CC1N(CCC)C(=O)c1ccc(C#N)cc1)C32. The highest BCUT2D eigenvalue weighted by Gasteiger charge is 2.65. The average molecular weight is 883 g/mol. The van der Waals surface area contributed by atoms with E-state index in [0.717, 1.165) is 56.1 Å². The number of nitrogens with one attached hydrogen (secondary N) is 1. The summed E-state index contributed by atoms with van der Waals surface area (Å²) in [5.41, 5.74) is 3.38. The zero-order chi connectivity index (χ0) is 45.7. The molecule has 12 nitrogen and oxygen atoms in total. The Balaban J connectivity index is 1.54. The smallest absolute Gasteiger partial charge is 0.412 e. The van der Waals surface area contributed by atoms with Crippen molar-refractivity contribution < 1.29 is 38.9 Å². The standard InChI is InChI=1S/C52H74N4O8/c1-5-8-9-10-11-12-13-14-15-18-29-54-51(60)63-41-27-28-46-44(35-41)48-42(22-17-20-32-58)40(21-16-19-31-57)34-43-45(55-61-4)36-47(52(64-46,49(43)48)62-33-7-3)56(30-6-2)50(59)39-25-23-38(37-53)24-26-39/h7,23-28,34-35,40,42,47-49,57-58H,3,5-6,8-22,29-33,36H2,1-2,4H3,(H,54,60). The zero-order valence-corrected chi connectivity index (χ0v) is 38.7. The van der Waals surface area contributed by atoms with Crippen molar-refractivity contribution in [1.82, 2.24) is 10.2 Å². The number of benzene rings is 2. The molecular formula is C52H74N4O8. The van der Waals surface area contributed by atoms with Gasteiger partial charge in [-0.3, -0.25) is 4.79 Å². The van der Waals surface area contributed by atoms with E-state index in [1.54, 1.807) is 36.4 Å². The van der Waals surface area contributed by atoms with Crippen LogP contribution in [0.15, 0.2) is 71.9 Å². The minimum Gasteiger partial charge on any atom is -0.459 e. The van der Waals surface area contributed by atoms with Crippen LogP contribution in [0.5, 0.6) is 11.5 Å². The summed E-state index contributed by atoms with van der Waals surface area (Å²) < 4.78 is 20.3. The first-order chi connectivity index (χ1) is 31.3. The van der Waals surface area contributed by atoms with Crippen LogP contribution in [-0.2, 0) is 9.57 Å².